The summed E-state index contributed by atoms with van der Waals surface area (Å²) in [5, 5.41) is 13.1. The van der Waals surface area contributed by atoms with Gasteiger partial charge in [-0.25, -0.2) is 28.8 Å². The largest absolute Gasteiger partial charge is 0.478 e. The van der Waals surface area contributed by atoms with Crippen molar-refractivity contribution in [1.29, 1.82) is 0 Å². The van der Waals surface area contributed by atoms with Gasteiger partial charge in [-0.1, -0.05) is 105 Å². The summed E-state index contributed by atoms with van der Waals surface area (Å²) in [4.78, 5) is 74.1. The quantitative estimate of drug-likeness (QED) is 0.109. The molecule has 0 heterocycles. The lowest BCUT2D eigenvalue weighted by atomic mass is 10.1. The van der Waals surface area contributed by atoms with Crippen molar-refractivity contribution in [3.05, 3.63) is 97.8 Å². The molecule has 0 atom stereocenters. The highest BCUT2D eigenvalue weighted by Gasteiger charge is 2.35. The Morgan fingerprint density at radius 2 is 0.762 bits per heavy atom. The summed E-state index contributed by atoms with van der Waals surface area (Å²) in [6.07, 6.45) is 0. The molecule has 0 unspecified atom stereocenters. The molecule has 0 radical (unpaired) electrons. The molecular formula is C24H6Cl8O10. The van der Waals surface area contributed by atoms with Crippen molar-refractivity contribution in [1.82, 2.24) is 0 Å². The third-order valence-electron chi connectivity index (χ3n) is 5.10. The third-order valence-corrected chi connectivity index (χ3v) is 8.61. The van der Waals surface area contributed by atoms with E-state index in [1.807, 2.05) is 0 Å². The summed E-state index contributed by atoms with van der Waals surface area (Å²) in [5.74, 6) is -9.57. The Morgan fingerprint density at radius 3 is 1.17 bits per heavy atom. The number of carboxylic acids is 2. The van der Waals surface area contributed by atoms with Crippen molar-refractivity contribution >= 4 is 129 Å². The number of halogens is 8. The average molecular weight is 738 g/mol. The molecule has 0 saturated heterocycles. The van der Waals surface area contributed by atoms with Gasteiger partial charge in [0.15, 0.2) is 0 Å². The fraction of sp³-hybridized carbons (Fsp3) is 0. The number of ether oxygens (including phenoxy) is 2. The number of carbonyl (C=O) groups excluding carboxylic acids is 4. The summed E-state index contributed by atoms with van der Waals surface area (Å²) in [7, 11) is 0. The summed E-state index contributed by atoms with van der Waals surface area (Å²) in [6, 6.07) is 4.78. The Labute approximate surface area is 273 Å². The predicted molar refractivity (Wildman–Crippen MR) is 153 cm³/mol. The first kappa shape index (κ1) is 33.7. The molecule has 0 saturated carbocycles. The molecule has 0 aliphatic heterocycles. The maximum Gasteiger partial charge on any atom is 0.349 e. The highest BCUT2D eigenvalue weighted by Crippen LogP contribution is 2.44. The van der Waals surface area contributed by atoms with Gasteiger partial charge in [0.25, 0.3) is 0 Å². The van der Waals surface area contributed by atoms with E-state index >= 15 is 0 Å². The van der Waals surface area contributed by atoms with Crippen molar-refractivity contribution in [2.75, 3.05) is 0 Å². The van der Waals surface area contributed by atoms with Gasteiger partial charge in [0.1, 0.15) is 11.1 Å². The van der Waals surface area contributed by atoms with Gasteiger partial charge in [-0.2, -0.15) is 0 Å². The number of rotatable bonds is 6. The molecule has 0 aliphatic carbocycles. The van der Waals surface area contributed by atoms with Crippen LogP contribution in [0.2, 0.25) is 40.2 Å². The molecule has 0 bridgehead atoms. The first-order valence-electron chi connectivity index (χ1n) is 10.3. The van der Waals surface area contributed by atoms with Crippen LogP contribution in [0, 0.1) is 0 Å². The maximum atomic E-state index is 12.9. The number of benzene rings is 3. The van der Waals surface area contributed by atoms with Gasteiger partial charge in [-0.15, -0.1) is 0 Å². The van der Waals surface area contributed by atoms with E-state index in [4.69, 9.17) is 92.8 Å². The number of esters is 4. The molecule has 0 fully saturated rings. The van der Waals surface area contributed by atoms with E-state index in [0.717, 1.165) is 12.1 Å². The van der Waals surface area contributed by atoms with Gasteiger partial charge in [-0.3, -0.25) is 0 Å². The van der Waals surface area contributed by atoms with Gasteiger partial charge in [0.05, 0.1) is 62.4 Å². The number of carboxylic acid groups (broad SMARTS) is 2. The van der Waals surface area contributed by atoms with E-state index in [2.05, 4.69) is 9.47 Å². The lowest BCUT2D eigenvalue weighted by Gasteiger charge is -2.15. The first-order valence-corrected chi connectivity index (χ1v) is 13.4. The molecular weight excluding hydrogens is 732 g/mol. The van der Waals surface area contributed by atoms with Crippen LogP contribution in [0.3, 0.4) is 0 Å². The molecule has 3 aromatic rings. The van der Waals surface area contributed by atoms with E-state index in [1.54, 1.807) is 0 Å². The minimum Gasteiger partial charge on any atom is -0.478 e. The summed E-state index contributed by atoms with van der Waals surface area (Å²) < 4.78 is 9.36. The lowest BCUT2D eigenvalue weighted by molar-refractivity contribution is 0.0374. The first-order chi connectivity index (χ1) is 19.5. The zero-order chi connectivity index (χ0) is 31.8. The van der Waals surface area contributed by atoms with Crippen LogP contribution in [0.5, 0.6) is 0 Å². The van der Waals surface area contributed by atoms with Gasteiger partial charge >= 0.3 is 35.8 Å². The topological polar surface area (TPSA) is 161 Å². The van der Waals surface area contributed by atoms with Crippen molar-refractivity contribution in [3.8, 4) is 0 Å². The molecule has 0 spiro atoms. The van der Waals surface area contributed by atoms with Crippen molar-refractivity contribution in [3.63, 3.8) is 0 Å². The standard InChI is InChI=1S/C24H6Cl8O10/c25-11-7(20(35)36)8(12(26)18(32)17(11)31)22(38)42-24(40)10-15(29)13(27)9(14(28)16(10)30)23(39)41-21(37)6-4-2-1-3-5(6)19(33)34/h1-4H,(H,33,34)(H,35,36). The van der Waals surface area contributed by atoms with Crippen LogP contribution in [-0.4, -0.2) is 46.0 Å². The Morgan fingerprint density at radius 1 is 0.429 bits per heavy atom. The van der Waals surface area contributed by atoms with Crippen LogP contribution >= 0.6 is 92.8 Å². The maximum absolute atomic E-state index is 12.9. The second-order valence-corrected chi connectivity index (χ2v) is 10.5. The smallest absolute Gasteiger partial charge is 0.349 e. The Hall–Kier alpha value is -2.80. The van der Waals surface area contributed by atoms with Crippen LogP contribution in [0.25, 0.3) is 0 Å². The number of aromatic carboxylic acids is 2. The Kier molecular flexibility index (Phi) is 10.6. The van der Waals surface area contributed by atoms with Gasteiger partial charge in [0.2, 0.25) is 0 Å². The average Bonchev–Trinajstić information content (AvgIpc) is 2.92. The Bertz CT molecular complexity index is 1720. The van der Waals surface area contributed by atoms with Gasteiger partial charge in [0, 0.05) is 0 Å². The predicted octanol–water partition coefficient (Wildman–Crippen LogP) is 8.30. The van der Waals surface area contributed by atoms with Crippen molar-refractivity contribution in [2.45, 2.75) is 0 Å². The van der Waals surface area contributed by atoms with Crippen LogP contribution in [-0.2, 0) is 9.47 Å². The summed E-state index contributed by atoms with van der Waals surface area (Å²) in [6.45, 7) is 0. The minimum atomic E-state index is -1.79. The normalized spacial score (nSPS) is 10.7. The molecule has 10 nitrogen and oxygen atoms in total. The fourth-order valence-corrected chi connectivity index (χ4v) is 5.41. The second-order valence-electron chi connectivity index (χ2n) is 7.52. The fourth-order valence-electron chi connectivity index (χ4n) is 3.24. The zero-order valence-electron chi connectivity index (χ0n) is 19.5. The number of hydrogen-bond donors (Lipinski definition) is 2. The molecule has 0 aromatic heterocycles. The van der Waals surface area contributed by atoms with Crippen molar-refractivity contribution < 1.29 is 48.5 Å². The van der Waals surface area contributed by atoms with E-state index < -0.39 is 109 Å². The molecule has 3 rings (SSSR count). The molecule has 2 N–H and O–H groups in total. The highest BCUT2D eigenvalue weighted by atomic mass is 35.5. The molecule has 42 heavy (non-hydrogen) atoms. The van der Waals surface area contributed by atoms with Gasteiger partial charge in [-0.05, 0) is 12.1 Å². The molecule has 0 aliphatic rings. The molecule has 3 aromatic carbocycles. The van der Waals surface area contributed by atoms with Crippen LogP contribution < -0.4 is 0 Å². The lowest BCUT2D eigenvalue weighted by Crippen LogP contribution is -2.20. The van der Waals surface area contributed by atoms with E-state index in [-0.39, 0.29) is 0 Å². The van der Waals surface area contributed by atoms with Gasteiger partial charge < -0.3 is 19.7 Å². The highest BCUT2D eigenvalue weighted by molar-refractivity contribution is 6.55. The van der Waals surface area contributed by atoms with Crippen LogP contribution in [0.1, 0.15) is 62.1 Å². The molecule has 0 amide bonds. The van der Waals surface area contributed by atoms with Crippen molar-refractivity contribution in [2.24, 2.45) is 0 Å². The molecule has 218 valence electrons. The monoisotopic (exact) mass is 734 g/mol. The van der Waals surface area contributed by atoms with Crippen LogP contribution in [0.4, 0.5) is 0 Å². The SMILES string of the molecule is O=C(O)c1ccccc1C(=O)OC(=O)c1c(Cl)c(Cl)c(C(=O)OC(=O)c2c(Cl)c(Cl)c(Cl)c(Cl)c2C(=O)O)c(Cl)c1Cl. The van der Waals surface area contributed by atoms with E-state index in [1.165, 1.54) is 12.1 Å². The third kappa shape index (κ3) is 6.27. The second kappa shape index (κ2) is 13.2. The van der Waals surface area contributed by atoms with E-state index in [9.17, 15) is 39.0 Å². The van der Waals surface area contributed by atoms with Crippen LogP contribution in [0.15, 0.2) is 24.3 Å². The zero-order valence-corrected chi connectivity index (χ0v) is 25.5. The molecule has 18 heteroatoms. The number of hydrogen-bond acceptors (Lipinski definition) is 8. The minimum absolute atomic E-state index is 0.485. The summed E-state index contributed by atoms with van der Waals surface area (Å²) >= 11 is 48.0. The summed E-state index contributed by atoms with van der Waals surface area (Å²) in [5.41, 5.74) is -4.58. The Balaban J connectivity index is 2.01. The van der Waals surface area contributed by atoms with E-state index in [0.29, 0.717) is 0 Å². The number of carbonyl (C=O) groups is 6.